The van der Waals surface area contributed by atoms with Crippen molar-refractivity contribution in [3.05, 3.63) is 88.3 Å². The van der Waals surface area contributed by atoms with Crippen molar-refractivity contribution in [1.29, 1.82) is 0 Å². The fourth-order valence-electron chi connectivity index (χ4n) is 7.50. The second-order valence-electron chi connectivity index (χ2n) is 13.8. The van der Waals surface area contributed by atoms with E-state index in [0.29, 0.717) is 0 Å². The molecule has 3 aliphatic rings. The maximum absolute atomic E-state index is 12.9. The van der Waals surface area contributed by atoms with E-state index in [0.717, 1.165) is 48.9 Å². The van der Waals surface area contributed by atoms with Gasteiger partial charge in [-0.1, -0.05) is 56.3 Å². The number of likely N-dealkylation sites (N-methyl/N-ethyl adjacent to an activating group) is 1. The molecule has 5 rings (SSSR count). The van der Waals surface area contributed by atoms with Crippen molar-refractivity contribution in [1.82, 2.24) is 20.5 Å². The topological polar surface area (TPSA) is 68.3 Å². The summed E-state index contributed by atoms with van der Waals surface area (Å²) in [5.41, 5.74) is 8.78. The van der Waals surface area contributed by atoms with Gasteiger partial charge in [-0.2, -0.15) is 0 Å². The number of hydrogen-bond acceptors (Lipinski definition) is 6. The predicted molar refractivity (Wildman–Crippen MR) is 167 cm³/mol. The molecule has 7 heteroatoms. The molecule has 0 radical (unpaired) electrons. The van der Waals surface area contributed by atoms with Crippen LogP contribution in [0.5, 0.6) is 5.75 Å². The van der Waals surface area contributed by atoms with Gasteiger partial charge in [-0.15, -0.1) is 5.12 Å². The van der Waals surface area contributed by atoms with E-state index < -0.39 is 16.8 Å². The number of ether oxygens (including phenoxy) is 1. The zero-order chi connectivity index (χ0) is 30.6. The van der Waals surface area contributed by atoms with E-state index in [9.17, 15) is 9.90 Å². The Morgan fingerprint density at radius 2 is 1.90 bits per heavy atom. The largest absolute Gasteiger partial charge is 0.486 e. The molecule has 2 heterocycles. The van der Waals surface area contributed by atoms with E-state index in [-0.39, 0.29) is 17.4 Å². The minimum atomic E-state index is -1.01. The Bertz CT molecular complexity index is 1430. The lowest BCUT2D eigenvalue weighted by Gasteiger charge is -2.48. The molecule has 0 fully saturated rings. The zero-order valence-electron chi connectivity index (χ0n) is 26.8. The van der Waals surface area contributed by atoms with Crippen molar-refractivity contribution >= 4 is 5.97 Å². The third-order valence-corrected chi connectivity index (χ3v) is 9.82. The van der Waals surface area contributed by atoms with Gasteiger partial charge in [-0.3, -0.25) is 14.7 Å². The molecule has 2 aromatic carbocycles. The number of fused-ring (bicyclic) bond motifs is 1. The zero-order valence-corrected chi connectivity index (χ0v) is 26.8. The number of nitrogens with zero attached hydrogens (tertiary/aromatic N) is 3. The summed E-state index contributed by atoms with van der Waals surface area (Å²) in [6.45, 7) is 20.0. The van der Waals surface area contributed by atoms with Crippen LogP contribution in [0.4, 0.5) is 0 Å². The van der Waals surface area contributed by atoms with Crippen LogP contribution in [0.15, 0.2) is 66.0 Å². The van der Waals surface area contributed by atoms with Crippen molar-refractivity contribution in [2.24, 2.45) is 16.7 Å². The van der Waals surface area contributed by atoms with Gasteiger partial charge in [-0.25, -0.2) is 0 Å². The lowest BCUT2D eigenvalue weighted by atomic mass is 9.55. The highest BCUT2D eigenvalue weighted by atomic mass is 16.5. The van der Waals surface area contributed by atoms with Gasteiger partial charge < -0.3 is 15.3 Å². The monoisotopic (exact) mass is 572 g/mol. The highest BCUT2D eigenvalue weighted by molar-refractivity contribution is 5.75. The molecule has 1 aliphatic carbocycles. The Morgan fingerprint density at radius 1 is 1.19 bits per heavy atom. The molecular formula is C35H48N4O3. The van der Waals surface area contributed by atoms with Crippen molar-refractivity contribution in [2.75, 3.05) is 20.1 Å². The molecule has 42 heavy (non-hydrogen) atoms. The van der Waals surface area contributed by atoms with E-state index in [1.165, 1.54) is 16.7 Å². The van der Waals surface area contributed by atoms with Gasteiger partial charge in [0, 0.05) is 56.0 Å². The summed E-state index contributed by atoms with van der Waals surface area (Å²) in [4.78, 5) is 15.4. The lowest BCUT2D eigenvalue weighted by molar-refractivity contribution is -0.150. The number of allylic oxidation sites excluding steroid dienone is 3. The van der Waals surface area contributed by atoms with Gasteiger partial charge in [-0.05, 0) is 70.4 Å². The molecule has 2 unspecified atom stereocenters. The summed E-state index contributed by atoms with van der Waals surface area (Å²) < 4.78 is 6.41. The smallest absolute Gasteiger partial charge is 0.309 e. The van der Waals surface area contributed by atoms with E-state index >= 15 is 0 Å². The number of para-hydroxylation sites is 1. The van der Waals surface area contributed by atoms with E-state index in [1.807, 2.05) is 32.1 Å². The molecule has 2 aromatic rings. The van der Waals surface area contributed by atoms with Crippen molar-refractivity contribution in [3.63, 3.8) is 0 Å². The predicted octanol–water partition coefficient (Wildman–Crippen LogP) is 6.47. The van der Waals surface area contributed by atoms with E-state index in [4.69, 9.17) is 4.74 Å². The van der Waals surface area contributed by atoms with Gasteiger partial charge >= 0.3 is 5.97 Å². The van der Waals surface area contributed by atoms with E-state index in [2.05, 4.69) is 105 Å². The fraction of sp³-hybridized carbons (Fsp3) is 0.514. The second kappa shape index (κ2) is 10.8. The fourth-order valence-corrected chi connectivity index (χ4v) is 7.50. The van der Waals surface area contributed by atoms with Crippen LogP contribution in [0.3, 0.4) is 0 Å². The first-order valence-electron chi connectivity index (χ1n) is 15.2. The SMILES string of the molecule is CCN1C2=C(NN1C)C(C)C(C)([C@H](c1ccc(C)c(CN3Cc4ccccc4OC(C)(C)C3)c1)C(C)(C)C(=O)O)C=C2. The lowest BCUT2D eigenvalue weighted by Crippen LogP contribution is -2.46. The molecule has 0 saturated carbocycles. The minimum Gasteiger partial charge on any atom is -0.486 e. The Hall–Kier alpha value is -3.29. The highest BCUT2D eigenvalue weighted by Gasteiger charge is 2.53. The second-order valence-corrected chi connectivity index (χ2v) is 13.8. The summed E-state index contributed by atoms with van der Waals surface area (Å²) in [6, 6.07) is 14.9. The van der Waals surface area contributed by atoms with Gasteiger partial charge in [0.25, 0.3) is 0 Å². The van der Waals surface area contributed by atoms with Gasteiger partial charge in [0.2, 0.25) is 0 Å². The normalized spacial score (nSPS) is 24.9. The number of rotatable bonds is 7. The van der Waals surface area contributed by atoms with Crippen molar-refractivity contribution in [2.45, 2.75) is 80.0 Å². The quantitative estimate of drug-likeness (QED) is 0.394. The minimum absolute atomic E-state index is 0.0740. The molecule has 3 atom stereocenters. The van der Waals surface area contributed by atoms with Crippen molar-refractivity contribution < 1.29 is 14.6 Å². The molecule has 0 amide bonds. The van der Waals surface area contributed by atoms with Crippen LogP contribution in [0, 0.1) is 23.7 Å². The van der Waals surface area contributed by atoms with Crippen molar-refractivity contribution in [3.8, 4) is 5.75 Å². The molecule has 7 nitrogen and oxygen atoms in total. The van der Waals surface area contributed by atoms with Crippen LogP contribution in [0.1, 0.15) is 76.6 Å². The van der Waals surface area contributed by atoms with Gasteiger partial charge in [0.15, 0.2) is 0 Å². The highest BCUT2D eigenvalue weighted by Crippen LogP contribution is 2.56. The van der Waals surface area contributed by atoms with Crippen LogP contribution < -0.4 is 10.2 Å². The molecular weight excluding hydrogens is 524 g/mol. The van der Waals surface area contributed by atoms with Gasteiger partial charge in [0.1, 0.15) is 11.4 Å². The number of carboxylic acids is 1. The number of carbonyl (C=O) groups is 1. The molecule has 0 spiro atoms. The first-order chi connectivity index (χ1) is 19.7. The van der Waals surface area contributed by atoms with Gasteiger partial charge in [0.05, 0.1) is 16.8 Å². The third-order valence-electron chi connectivity index (χ3n) is 9.82. The summed E-state index contributed by atoms with van der Waals surface area (Å²) >= 11 is 0. The van der Waals surface area contributed by atoms with Crippen LogP contribution in [0.25, 0.3) is 0 Å². The number of hydrogen-bond donors (Lipinski definition) is 2. The summed E-state index contributed by atoms with van der Waals surface area (Å²) in [7, 11) is 2.03. The number of nitrogens with one attached hydrogen (secondary N) is 1. The number of aryl methyl sites for hydroxylation is 1. The van der Waals surface area contributed by atoms with Crippen LogP contribution in [0.2, 0.25) is 0 Å². The Kier molecular flexibility index (Phi) is 7.73. The Morgan fingerprint density at radius 3 is 2.60 bits per heavy atom. The number of benzene rings is 2. The van der Waals surface area contributed by atoms with Crippen LogP contribution in [-0.2, 0) is 17.9 Å². The number of hydrazine groups is 2. The first kappa shape index (κ1) is 30.2. The average Bonchev–Trinajstić information content (AvgIpc) is 3.16. The molecule has 2 aliphatic heterocycles. The standard InChI is InChI=1S/C35H48N4O3/c1-10-39-28-17-18-35(8,24(3)30(28)36-37(39)9)31(34(6,7)32(40)41)25-16-15-23(2)27(19-25)21-38-20-26-13-11-12-14-29(26)42-33(4,5)22-38/h11-19,24,31,36H,10,20-22H2,1-9H3,(H,40,41)/t24?,31-,35?/m1/s1. The summed E-state index contributed by atoms with van der Waals surface area (Å²) in [5, 5.41) is 14.8. The Balaban J connectivity index is 1.54. The molecule has 0 bridgehead atoms. The molecule has 0 saturated heterocycles. The first-order valence-corrected chi connectivity index (χ1v) is 15.2. The number of aliphatic carboxylic acids is 1. The average molecular weight is 573 g/mol. The molecule has 2 N–H and O–H groups in total. The van der Waals surface area contributed by atoms with Crippen LogP contribution in [-0.4, -0.2) is 51.8 Å². The maximum atomic E-state index is 12.9. The van der Waals surface area contributed by atoms with Crippen LogP contribution >= 0.6 is 0 Å². The third kappa shape index (κ3) is 5.22. The molecule has 226 valence electrons. The summed E-state index contributed by atoms with van der Waals surface area (Å²) in [6.07, 6.45) is 4.45. The summed E-state index contributed by atoms with van der Waals surface area (Å²) in [5.74, 6) is -0.0309. The van der Waals surface area contributed by atoms with E-state index in [1.54, 1.807) is 0 Å². The maximum Gasteiger partial charge on any atom is 0.309 e. The molecule has 0 aromatic heterocycles. The Labute approximate surface area is 251 Å². The number of carboxylic acid groups (broad SMARTS) is 1.